The molecule has 0 aliphatic rings. The van der Waals surface area contributed by atoms with Gasteiger partial charge in [0.05, 0.1) is 13.2 Å². The summed E-state index contributed by atoms with van der Waals surface area (Å²) >= 11 is 0. The Morgan fingerprint density at radius 1 is 1.56 bits per heavy atom. The fourth-order valence-electron chi connectivity index (χ4n) is 1.27. The zero-order chi connectivity index (χ0) is 12.0. The maximum atomic E-state index is 10.5. The molecule has 0 heterocycles. The summed E-state index contributed by atoms with van der Waals surface area (Å²) in [6.45, 7) is 2.97. The van der Waals surface area contributed by atoms with Crippen molar-refractivity contribution in [3.63, 3.8) is 0 Å². The number of amides is 1. The number of hydrogen-bond donors (Lipinski definition) is 3. The van der Waals surface area contributed by atoms with Gasteiger partial charge in [0.15, 0.2) is 11.5 Å². The molecular weight excluding hydrogens is 208 g/mol. The number of nitrogens with one attached hydrogen (secondary N) is 1. The van der Waals surface area contributed by atoms with E-state index in [1.54, 1.807) is 18.2 Å². The lowest BCUT2D eigenvalue weighted by Crippen LogP contribution is -2.28. The number of hydrogen-bond acceptors (Lipinski definition) is 4. The molecule has 1 aromatic rings. The number of nitrogens with two attached hydrogens (primary N) is 1. The number of carbonyl (C=O) groups excluding carboxylic acids is 1. The average molecular weight is 224 g/mol. The Hall–Kier alpha value is -1.75. The van der Waals surface area contributed by atoms with Gasteiger partial charge in [-0.15, -0.1) is 0 Å². The second-order valence-electron chi connectivity index (χ2n) is 3.30. The summed E-state index contributed by atoms with van der Waals surface area (Å²) in [5.41, 5.74) is 5.91. The minimum Gasteiger partial charge on any atom is -0.504 e. The SMILES string of the molecule is CCOc1cc(CNCC(N)=O)ccc1O. The van der Waals surface area contributed by atoms with Crippen LogP contribution in [0.1, 0.15) is 12.5 Å². The van der Waals surface area contributed by atoms with E-state index in [2.05, 4.69) is 5.32 Å². The number of ether oxygens (including phenoxy) is 1. The maximum absolute atomic E-state index is 10.5. The number of phenols is 1. The molecule has 1 rings (SSSR count). The van der Waals surface area contributed by atoms with Crippen molar-refractivity contribution in [3.8, 4) is 11.5 Å². The lowest BCUT2D eigenvalue weighted by atomic mass is 10.2. The first-order valence-corrected chi connectivity index (χ1v) is 5.07. The first kappa shape index (κ1) is 12.3. The molecule has 0 radical (unpaired) electrons. The first-order valence-electron chi connectivity index (χ1n) is 5.07. The lowest BCUT2D eigenvalue weighted by molar-refractivity contribution is -0.117. The largest absolute Gasteiger partial charge is 0.504 e. The second kappa shape index (κ2) is 5.97. The van der Waals surface area contributed by atoms with Gasteiger partial charge in [0.2, 0.25) is 5.91 Å². The fraction of sp³-hybridized carbons (Fsp3) is 0.364. The Morgan fingerprint density at radius 3 is 2.94 bits per heavy atom. The van der Waals surface area contributed by atoms with E-state index in [4.69, 9.17) is 10.5 Å². The summed E-state index contributed by atoms with van der Waals surface area (Å²) in [6.07, 6.45) is 0. The highest BCUT2D eigenvalue weighted by Gasteiger charge is 2.03. The molecular formula is C11H16N2O3. The van der Waals surface area contributed by atoms with Crippen molar-refractivity contribution < 1.29 is 14.6 Å². The molecule has 16 heavy (non-hydrogen) atoms. The summed E-state index contributed by atoms with van der Waals surface area (Å²) in [5.74, 6) is 0.158. The third kappa shape index (κ3) is 3.78. The van der Waals surface area contributed by atoms with E-state index in [-0.39, 0.29) is 12.3 Å². The molecule has 0 unspecified atom stereocenters. The molecule has 88 valence electrons. The normalized spacial score (nSPS) is 10.1. The minimum atomic E-state index is -0.399. The highest BCUT2D eigenvalue weighted by atomic mass is 16.5. The Kier molecular flexibility index (Phi) is 4.60. The number of rotatable bonds is 6. The van der Waals surface area contributed by atoms with Gasteiger partial charge >= 0.3 is 0 Å². The third-order valence-electron chi connectivity index (χ3n) is 1.95. The summed E-state index contributed by atoms with van der Waals surface area (Å²) in [4.78, 5) is 10.5. The highest BCUT2D eigenvalue weighted by molar-refractivity contribution is 5.75. The molecule has 0 spiro atoms. The average Bonchev–Trinajstić information content (AvgIpc) is 2.22. The van der Waals surface area contributed by atoms with Crippen molar-refractivity contribution in [2.24, 2.45) is 5.73 Å². The Balaban J connectivity index is 2.60. The van der Waals surface area contributed by atoms with E-state index in [0.29, 0.717) is 18.9 Å². The van der Waals surface area contributed by atoms with Crippen molar-refractivity contribution >= 4 is 5.91 Å². The zero-order valence-corrected chi connectivity index (χ0v) is 9.19. The zero-order valence-electron chi connectivity index (χ0n) is 9.19. The van der Waals surface area contributed by atoms with Crippen molar-refractivity contribution in [1.29, 1.82) is 0 Å². The van der Waals surface area contributed by atoms with Gasteiger partial charge in [-0.25, -0.2) is 0 Å². The quantitative estimate of drug-likeness (QED) is 0.651. The first-order chi connectivity index (χ1) is 7.63. The van der Waals surface area contributed by atoms with Crippen molar-refractivity contribution in [2.45, 2.75) is 13.5 Å². The predicted molar refractivity (Wildman–Crippen MR) is 60.2 cm³/mol. The summed E-state index contributed by atoms with van der Waals surface area (Å²) in [6, 6.07) is 5.05. The topological polar surface area (TPSA) is 84.6 Å². The van der Waals surface area contributed by atoms with Crippen LogP contribution in [-0.2, 0) is 11.3 Å². The van der Waals surface area contributed by atoms with Gasteiger partial charge in [0, 0.05) is 6.54 Å². The smallest absolute Gasteiger partial charge is 0.231 e. The predicted octanol–water partition coefficient (Wildman–Crippen LogP) is 0.366. The van der Waals surface area contributed by atoms with E-state index in [1.807, 2.05) is 6.92 Å². The molecule has 4 N–H and O–H groups in total. The van der Waals surface area contributed by atoms with Crippen LogP contribution in [0.5, 0.6) is 11.5 Å². The maximum Gasteiger partial charge on any atom is 0.231 e. The molecule has 0 atom stereocenters. The van der Waals surface area contributed by atoms with E-state index in [9.17, 15) is 9.90 Å². The fourth-order valence-corrected chi connectivity index (χ4v) is 1.27. The number of carbonyl (C=O) groups is 1. The van der Waals surface area contributed by atoms with Crippen LogP contribution in [0.4, 0.5) is 0 Å². The van der Waals surface area contributed by atoms with Crippen LogP contribution in [0, 0.1) is 0 Å². The molecule has 0 saturated heterocycles. The standard InChI is InChI=1S/C11H16N2O3/c1-2-16-10-5-8(3-4-9(10)14)6-13-7-11(12)15/h3-5,13-14H,2,6-7H2,1H3,(H2,12,15). The van der Waals surface area contributed by atoms with Crippen LogP contribution in [-0.4, -0.2) is 24.2 Å². The van der Waals surface area contributed by atoms with E-state index < -0.39 is 5.91 Å². The Morgan fingerprint density at radius 2 is 2.31 bits per heavy atom. The second-order valence-corrected chi connectivity index (χ2v) is 3.30. The summed E-state index contributed by atoms with van der Waals surface area (Å²) in [7, 11) is 0. The number of benzene rings is 1. The van der Waals surface area contributed by atoms with Crippen LogP contribution in [0.2, 0.25) is 0 Å². The molecule has 1 aromatic carbocycles. The van der Waals surface area contributed by atoms with E-state index >= 15 is 0 Å². The van der Waals surface area contributed by atoms with Crippen LogP contribution >= 0.6 is 0 Å². The number of primary amides is 1. The van der Waals surface area contributed by atoms with E-state index in [1.165, 1.54) is 0 Å². The monoisotopic (exact) mass is 224 g/mol. The summed E-state index contributed by atoms with van der Waals surface area (Å²) < 4.78 is 5.24. The van der Waals surface area contributed by atoms with Crippen LogP contribution in [0.25, 0.3) is 0 Å². The third-order valence-corrected chi connectivity index (χ3v) is 1.95. The number of phenolic OH excluding ortho intramolecular Hbond substituents is 1. The van der Waals surface area contributed by atoms with Gasteiger partial charge in [-0.05, 0) is 24.6 Å². The van der Waals surface area contributed by atoms with Crippen LogP contribution < -0.4 is 15.8 Å². The van der Waals surface area contributed by atoms with Crippen molar-refractivity contribution in [3.05, 3.63) is 23.8 Å². The molecule has 5 heteroatoms. The van der Waals surface area contributed by atoms with Gasteiger partial charge in [-0.1, -0.05) is 6.07 Å². The Bertz CT molecular complexity index is 366. The van der Waals surface area contributed by atoms with Gasteiger partial charge < -0.3 is 20.9 Å². The molecule has 0 saturated carbocycles. The van der Waals surface area contributed by atoms with Gasteiger partial charge in [0.25, 0.3) is 0 Å². The summed E-state index contributed by atoms with van der Waals surface area (Å²) in [5, 5.41) is 12.3. The molecule has 0 aromatic heterocycles. The highest BCUT2D eigenvalue weighted by Crippen LogP contribution is 2.26. The lowest BCUT2D eigenvalue weighted by Gasteiger charge is -2.08. The molecule has 0 aliphatic carbocycles. The molecule has 0 fully saturated rings. The van der Waals surface area contributed by atoms with Crippen LogP contribution in [0.15, 0.2) is 18.2 Å². The van der Waals surface area contributed by atoms with Crippen LogP contribution in [0.3, 0.4) is 0 Å². The molecule has 0 bridgehead atoms. The molecule has 0 aliphatic heterocycles. The van der Waals surface area contributed by atoms with Gasteiger partial charge in [-0.3, -0.25) is 4.79 Å². The van der Waals surface area contributed by atoms with Gasteiger partial charge in [0.1, 0.15) is 0 Å². The van der Waals surface area contributed by atoms with Gasteiger partial charge in [-0.2, -0.15) is 0 Å². The number of aromatic hydroxyl groups is 1. The van der Waals surface area contributed by atoms with Crippen molar-refractivity contribution in [1.82, 2.24) is 5.32 Å². The minimum absolute atomic E-state index is 0.112. The van der Waals surface area contributed by atoms with Crippen molar-refractivity contribution in [2.75, 3.05) is 13.2 Å². The molecule has 5 nitrogen and oxygen atoms in total. The van der Waals surface area contributed by atoms with E-state index in [0.717, 1.165) is 5.56 Å². The molecule has 1 amide bonds. The Labute approximate surface area is 94.2 Å².